The van der Waals surface area contributed by atoms with Crippen molar-refractivity contribution in [1.82, 2.24) is 0 Å². The molecule has 2 aromatic carbocycles. The predicted molar refractivity (Wildman–Crippen MR) is 95.3 cm³/mol. The lowest BCUT2D eigenvalue weighted by Crippen LogP contribution is -2.12. The number of ether oxygens (including phenoxy) is 2. The molecule has 0 saturated carbocycles. The van der Waals surface area contributed by atoms with Crippen LogP contribution in [0.2, 0.25) is 0 Å². The van der Waals surface area contributed by atoms with E-state index in [4.69, 9.17) is 9.47 Å². The smallest absolute Gasteiger partial charge is 0.178 e. The summed E-state index contributed by atoms with van der Waals surface area (Å²) in [7, 11) is 0. The summed E-state index contributed by atoms with van der Waals surface area (Å²) < 4.78 is 11.8. The molecule has 0 aromatic heterocycles. The third kappa shape index (κ3) is 4.15. The second-order valence-corrected chi connectivity index (χ2v) is 6.12. The zero-order chi connectivity index (χ0) is 18.0. The number of aryl methyl sites for hydroxylation is 2. The molecule has 25 heavy (non-hydrogen) atoms. The highest BCUT2D eigenvalue weighted by atomic mass is 16.5. The van der Waals surface area contributed by atoms with Crippen molar-refractivity contribution in [2.45, 2.75) is 27.2 Å². The maximum absolute atomic E-state index is 9.61. The molecule has 4 heteroatoms. The topological polar surface area (TPSA) is 58.9 Å². The van der Waals surface area contributed by atoms with Gasteiger partial charge in [0.2, 0.25) is 0 Å². The maximum atomic E-state index is 9.61. The largest absolute Gasteiger partial charge is 0.508 e. The standard InChI is InChI=1S/C21H20O4/c1-13-8-18(24-16-4-6-20(22)14(2)10-16)12-19(9-13)25-17-5-7-21(23)15(3)11-17/h4-8,10-11,22-23H,12H2,1-3H3. The highest BCUT2D eigenvalue weighted by molar-refractivity contribution is 5.41. The molecular weight excluding hydrogens is 316 g/mol. The van der Waals surface area contributed by atoms with E-state index in [1.807, 2.05) is 26.8 Å². The second kappa shape index (κ2) is 6.93. The van der Waals surface area contributed by atoms with Crippen LogP contribution in [0.1, 0.15) is 24.5 Å². The molecular formula is C21H20O4. The fourth-order valence-corrected chi connectivity index (χ4v) is 2.55. The molecule has 1 aliphatic rings. The summed E-state index contributed by atoms with van der Waals surface area (Å²) in [6, 6.07) is 10.2. The summed E-state index contributed by atoms with van der Waals surface area (Å²) in [5.74, 6) is 2.44. The van der Waals surface area contributed by atoms with Gasteiger partial charge in [0.1, 0.15) is 28.8 Å². The minimum Gasteiger partial charge on any atom is -0.508 e. The number of aromatic hydroxyl groups is 2. The van der Waals surface area contributed by atoms with Gasteiger partial charge >= 0.3 is 0 Å². The number of phenols is 2. The molecule has 0 amide bonds. The van der Waals surface area contributed by atoms with Crippen LogP contribution >= 0.6 is 0 Å². The summed E-state index contributed by atoms with van der Waals surface area (Å²) in [5, 5.41) is 19.2. The van der Waals surface area contributed by atoms with E-state index in [-0.39, 0.29) is 11.5 Å². The molecule has 128 valence electrons. The highest BCUT2D eigenvalue weighted by Gasteiger charge is 2.19. The Labute approximate surface area is 147 Å². The van der Waals surface area contributed by atoms with Gasteiger partial charge in [-0.3, -0.25) is 0 Å². The first-order valence-corrected chi connectivity index (χ1v) is 8.02. The molecule has 2 N–H and O–H groups in total. The van der Waals surface area contributed by atoms with Crippen molar-refractivity contribution in [3.05, 3.63) is 77.1 Å². The van der Waals surface area contributed by atoms with Crippen molar-refractivity contribution >= 4 is 0 Å². The average Bonchev–Trinajstić information content (AvgIpc) is 2.54. The Morgan fingerprint density at radius 1 is 0.840 bits per heavy atom. The van der Waals surface area contributed by atoms with Crippen molar-refractivity contribution in [1.29, 1.82) is 0 Å². The summed E-state index contributed by atoms with van der Waals surface area (Å²) in [5.41, 5.74) is 2.41. The summed E-state index contributed by atoms with van der Waals surface area (Å²) >= 11 is 0. The zero-order valence-electron chi connectivity index (χ0n) is 14.5. The lowest BCUT2D eigenvalue weighted by Gasteiger charge is -2.21. The SMILES string of the molecule is CC1=C[C](Oc2ccc(O)c(C)c2)CC(Oc2ccc(O)c(C)c2)=[C]1. The van der Waals surface area contributed by atoms with Crippen LogP contribution < -0.4 is 9.47 Å². The summed E-state index contributed by atoms with van der Waals surface area (Å²) in [6.45, 7) is 5.57. The van der Waals surface area contributed by atoms with Crippen molar-refractivity contribution in [2.24, 2.45) is 0 Å². The molecule has 0 fully saturated rings. The van der Waals surface area contributed by atoms with E-state index in [0.717, 1.165) is 22.8 Å². The van der Waals surface area contributed by atoms with Gasteiger partial charge in [0.25, 0.3) is 0 Å². The van der Waals surface area contributed by atoms with Crippen LogP contribution in [-0.2, 0) is 0 Å². The number of rotatable bonds is 4. The van der Waals surface area contributed by atoms with E-state index in [1.165, 1.54) is 0 Å². The van der Waals surface area contributed by atoms with Gasteiger partial charge in [0.05, 0.1) is 6.42 Å². The van der Waals surface area contributed by atoms with E-state index < -0.39 is 0 Å². The molecule has 0 saturated heterocycles. The monoisotopic (exact) mass is 336 g/mol. The Balaban J connectivity index is 1.71. The van der Waals surface area contributed by atoms with E-state index >= 15 is 0 Å². The van der Waals surface area contributed by atoms with Crippen LogP contribution in [-0.4, -0.2) is 10.2 Å². The maximum Gasteiger partial charge on any atom is 0.178 e. The van der Waals surface area contributed by atoms with Gasteiger partial charge in [-0.15, -0.1) is 0 Å². The molecule has 1 aliphatic carbocycles. The van der Waals surface area contributed by atoms with Crippen molar-refractivity contribution in [3.63, 3.8) is 0 Å². The Morgan fingerprint density at radius 2 is 1.40 bits per heavy atom. The van der Waals surface area contributed by atoms with Crippen molar-refractivity contribution in [2.75, 3.05) is 0 Å². The van der Waals surface area contributed by atoms with Crippen LogP contribution in [0, 0.1) is 26.0 Å². The van der Waals surface area contributed by atoms with Gasteiger partial charge in [-0.25, -0.2) is 0 Å². The van der Waals surface area contributed by atoms with Gasteiger partial charge in [-0.2, -0.15) is 0 Å². The number of hydrogen-bond donors (Lipinski definition) is 2. The van der Waals surface area contributed by atoms with E-state index in [2.05, 4.69) is 6.08 Å². The Kier molecular flexibility index (Phi) is 4.70. The van der Waals surface area contributed by atoms with E-state index in [9.17, 15) is 10.2 Å². The number of allylic oxidation sites excluding steroid dienone is 2. The van der Waals surface area contributed by atoms with Gasteiger partial charge < -0.3 is 19.7 Å². The minimum atomic E-state index is 0.239. The molecule has 3 rings (SSSR count). The van der Waals surface area contributed by atoms with Crippen molar-refractivity contribution < 1.29 is 19.7 Å². The van der Waals surface area contributed by atoms with E-state index in [1.54, 1.807) is 36.4 Å². The van der Waals surface area contributed by atoms with Crippen LogP contribution in [0.4, 0.5) is 0 Å². The van der Waals surface area contributed by atoms with Crippen LogP contribution in [0.3, 0.4) is 0 Å². The molecule has 2 aromatic rings. The third-order valence-electron chi connectivity index (χ3n) is 3.88. The fraction of sp³-hybridized carbons (Fsp3) is 0.190. The normalized spacial score (nSPS) is 14.7. The molecule has 0 heterocycles. The molecule has 0 unspecified atom stereocenters. The minimum absolute atomic E-state index is 0.239. The Hall–Kier alpha value is -2.88. The number of phenolic OH excluding ortho intramolecular Hbond substituents is 2. The first kappa shape index (κ1) is 17.0. The van der Waals surface area contributed by atoms with Crippen LogP contribution in [0.15, 0.2) is 53.8 Å². The van der Waals surface area contributed by atoms with Gasteiger partial charge in [-0.05, 0) is 79.9 Å². The van der Waals surface area contributed by atoms with Crippen molar-refractivity contribution in [3.8, 4) is 23.0 Å². The molecule has 0 spiro atoms. The Morgan fingerprint density at radius 3 is 1.96 bits per heavy atom. The molecule has 0 aliphatic heterocycles. The lowest BCUT2D eigenvalue weighted by atomic mass is 10.0. The van der Waals surface area contributed by atoms with Crippen LogP contribution in [0.5, 0.6) is 23.0 Å². The molecule has 0 bridgehead atoms. The van der Waals surface area contributed by atoms with Gasteiger partial charge in [0.15, 0.2) is 6.10 Å². The molecule has 4 nitrogen and oxygen atoms in total. The second-order valence-electron chi connectivity index (χ2n) is 6.12. The van der Waals surface area contributed by atoms with Gasteiger partial charge in [0, 0.05) is 6.08 Å². The quantitative estimate of drug-likeness (QED) is 0.846. The predicted octanol–water partition coefficient (Wildman–Crippen LogP) is 4.74. The molecule has 2 radical (unpaired) electrons. The van der Waals surface area contributed by atoms with Gasteiger partial charge in [-0.1, -0.05) is 0 Å². The Bertz CT molecular complexity index is 849. The fourth-order valence-electron chi connectivity index (χ4n) is 2.55. The lowest BCUT2D eigenvalue weighted by molar-refractivity contribution is 0.309. The first-order valence-electron chi connectivity index (χ1n) is 8.02. The summed E-state index contributed by atoms with van der Waals surface area (Å²) in [4.78, 5) is 0. The average molecular weight is 336 g/mol. The van der Waals surface area contributed by atoms with Crippen LogP contribution in [0.25, 0.3) is 0 Å². The van der Waals surface area contributed by atoms with E-state index in [0.29, 0.717) is 23.7 Å². The number of hydrogen-bond acceptors (Lipinski definition) is 4. The zero-order valence-corrected chi connectivity index (χ0v) is 14.5. The summed E-state index contributed by atoms with van der Waals surface area (Å²) in [6.07, 6.45) is 6.31. The number of benzene rings is 2. The first-order chi connectivity index (χ1) is 11.9. The molecule has 0 atom stereocenters. The highest BCUT2D eigenvalue weighted by Crippen LogP contribution is 2.31. The third-order valence-corrected chi connectivity index (χ3v) is 3.88.